The predicted octanol–water partition coefficient (Wildman–Crippen LogP) is 5.66. The molecule has 2 fully saturated rings. The van der Waals surface area contributed by atoms with Gasteiger partial charge in [-0.15, -0.1) is 0 Å². The lowest BCUT2D eigenvalue weighted by Gasteiger charge is -2.27. The van der Waals surface area contributed by atoms with Gasteiger partial charge in [-0.25, -0.2) is 0 Å². The second-order valence-electron chi connectivity index (χ2n) is 9.85. The third-order valence-electron chi connectivity index (χ3n) is 7.19. The number of hydrogen-bond donors (Lipinski definition) is 2. The Bertz CT molecular complexity index is 1130. The average Bonchev–Trinajstić information content (AvgIpc) is 3.64. The predicted molar refractivity (Wildman–Crippen MR) is 135 cm³/mol. The third kappa shape index (κ3) is 5.19. The molecule has 3 unspecified atom stereocenters. The number of hydrogen-bond acceptors (Lipinski definition) is 4. The Balaban J connectivity index is 1.45. The van der Waals surface area contributed by atoms with E-state index in [0.717, 1.165) is 72.7 Å². The minimum absolute atomic E-state index is 0.232. The van der Waals surface area contributed by atoms with Crippen molar-refractivity contribution < 1.29 is 14.1 Å². The molecule has 2 aromatic heterocycles. The number of nitrogens with one attached hydrogen (secondary N) is 1. The lowest BCUT2D eigenvalue weighted by atomic mass is 9.83. The zero-order valence-electron chi connectivity index (χ0n) is 20.0. The Kier molecular flexibility index (Phi) is 7.00. The monoisotopic (exact) mass is 478 g/mol. The number of benzene rings is 1. The molecule has 0 amide bonds. The van der Waals surface area contributed by atoms with Crippen LogP contribution in [0.25, 0.3) is 11.4 Å². The van der Waals surface area contributed by atoms with Gasteiger partial charge in [0.05, 0.1) is 28.3 Å². The molecule has 3 atom stereocenters. The molecule has 3 heterocycles. The first-order valence-corrected chi connectivity index (χ1v) is 13.6. The van der Waals surface area contributed by atoms with Gasteiger partial charge in [0.2, 0.25) is 0 Å². The first-order chi connectivity index (χ1) is 16.5. The summed E-state index contributed by atoms with van der Waals surface area (Å²) >= 11 is 0. The summed E-state index contributed by atoms with van der Waals surface area (Å²) in [4.78, 5) is 9.23. The maximum absolute atomic E-state index is 12.6. The lowest BCUT2D eigenvalue weighted by molar-refractivity contribution is 0.0626. The van der Waals surface area contributed by atoms with E-state index < -0.39 is 16.9 Å². The van der Waals surface area contributed by atoms with Crippen LogP contribution in [0, 0.1) is 12.8 Å². The number of H-pyrrole nitrogens is 1. The van der Waals surface area contributed by atoms with Gasteiger partial charge in [0.25, 0.3) is 0 Å². The number of aromatic amines is 1. The number of aromatic nitrogens is 2. The Morgan fingerprint density at radius 1 is 1.09 bits per heavy atom. The van der Waals surface area contributed by atoms with Crippen molar-refractivity contribution in [3.05, 3.63) is 71.0 Å². The molecule has 180 valence electrons. The fourth-order valence-electron chi connectivity index (χ4n) is 4.91. The summed E-state index contributed by atoms with van der Waals surface area (Å²) in [5.74, 6) is 0.852. The number of aliphatic hydroxyl groups excluding tert-OH is 1. The van der Waals surface area contributed by atoms with Crippen LogP contribution < -0.4 is 0 Å². The van der Waals surface area contributed by atoms with Gasteiger partial charge in [0, 0.05) is 41.2 Å². The maximum Gasteiger partial charge on any atom is 0.0867 e. The fraction of sp³-hybridized carbons (Fsp3) is 0.464. The lowest BCUT2D eigenvalue weighted by Crippen LogP contribution is -2.18. The van der Waals surface area contributed by atoms with Crippen LogP contribution in [0.1, 0.15) is 73.4 Å². The molecule has 0 bridgehead atoms. The zero-order chi connectivity index (χ0) is 23.7. The molecule has 34 heavy (non-hydrogen) atoms. The van der Waals surface area contributed by atoms with Crippen molar-refractivity contribution in [2.45, 2.75) is 68.1 Å². The van der Waals surface area contributed by atoms with E-state index >= 15 is 0 Å². The first kappa shape index (κ1) is 23.5. The van der Waals surface area contributed by atoms with E-state index in [9.17, 15) is 9.32 Å². The largest absolute Gasteiger partial charge is 0.389 e. The molecule has 2 N–H and O–H groups in total. The van der Waals surface area contributed by atoms with Crippen molar-refractivity contribution in [3.8, 4) is 11.4 Å². The molecule has 1 aromatic carbocycles. The van der Waals surface area contributed by atoms with Gasteiger partial charge in [-0.3, -0.25) is 9.19 Å². The standard InChI is InChI=1S/C28H34N2O3S/c1-18-15-27(30-28(18)26-10-5-22(17-29-26)19(2)31)25(16-20-11-13-33-14-12-20)21-3-6-23(7-4-21)34(32)24-8-9-24/h3-7,10,15,17,19-20,24-25,30-31H,8-9,11-14,16H2,1-2H3. The van der Waals surface area contributed by atoms with E-state index in [1.807, 2.05) is 12.1 Å². The minimum atomic E-state index is -0.877. The van der Waals surface area contributed by atoms with Crippen LogP contribution in [0.3, 0.4) is 0 Å². The average molecular weight is 479 g/mol. The van der Waals surface area contributed by atoms with Gasteiger partial charge < -0.3 is 14.8 Å². The number of rotatable bonds is 8. The molecule has 1 aliphatic heterocycles. The molecule has 1 saturated heterocycles. The van der Waals surface area contributed by atoms with Crippen LogP contribution in [-0.4, -0.2) is 37.7 Å². The van der Waals surface area contributed by atoms with Crippen molar-refractivity contribution in [1.29, 1.82) is 0 Å². The molecule has 5 nitrogen and oxygen atoms in total. The van der Waals surface area contributed by atoms with E-state index in [1.54, 1.807) is 13.1 Å². The van der Waals surface area contributed by atoms with Gasteiger partial charge in [-0.1, -0.05) is 18.2 Å². The summed E-state index contributed by atoms with van der Waals surface area (Å²) in [7, 11) is -0.877. The summed E-state index contributed by atoms with van der Waals surface area (Å²) in [6.45, 7) is 5.55. The van der Waals surface area contributed by atoms with Crippen molar-refractivity contribution in [2.24, 2.45) is 5.92 Å². The van der Waals surface area contributed by atoms with Crippen LogP contribution in [0.2, 0.25) is 0 Å². The Morgan fingerprint density at radius 3 is 2.41 bits per heavy atom. The van der Waals surface area contributed by atoms with E-state index in [-0.39, 0.29) is 5.92 Å². The van der Waals surface area contributed by atoms with Gasteiger partial charge in [0.1, 0.15) is 0 Å². The Hall–Kier alpha value is -2.28. The molecule has 3 aromatic rings. The molecule has 1 saturated carbocycles. The highest BCUT2D eigenvalue weighted by Crippen LogP contribution is 2.37. The molecular formula is C28H34N2O3S. The normalized spacial score (nSPS) is 19.6. The first-order valence-electron chi connectivity index (χ1n) is 12.4. The highest BCUT2D eigenvalue weighted by molar-refractivity contribution is 7.86. The summed E-state index contributed by atoms with van der Waals surface area (Å²) in [6, 6.07) is 14.6. The van der Waals surface area contributed by atoms with Crippen molar-refractivity contribution in [1.82, 2.24) is 9.97 Å². The van der Waals surface area contributed by atoms with Crippen LogP contribution in [0.5, 0.6) is 0 Å². The van der Waals surface area contributed by atoms with E-state index in [1.165, 1.54) is 11.3 Å². The number of pyridine rings is 1. The van der Waals surface area contributed by atoms with Gasteiger partial charge in [-0.2, -0.15) is 0 Å². The maximum atomic E-state index is 12.6. The summed E-state index contributed by atoms with van der Waals surface area (Å²) in [5, 5.41) is 10.2. The van der Waals surface area contributed by atoms with E-state index in [2.05, 4.69) is 47.2 Å². The van der Waals surface area contributed by atoms with Crippen molar-refractivity contribution in [3.63, 3.8) is 0 Å². The molecule has 1 aliphatic carbocycles. The highest BCUT2D eigenvalue weighted by atomic mass is 32.2. The van der Waals surface area contributed by atoms with Crippen LogP contribution in [0.15, 0.2) is 53.6 Å². The fourth-order valence-corrected chi connectivity index (χ4v) is 6.26. The number of ether oxygens (including phenoxy) is 1. The summed E-state index contributed by atoms with van der Waals surface area (Å²) in [5.41, 5.74) is 6.33. The number of nitrogens with zero attached hydrogens (tertiary/aromatic N) is 1. The molecule has 6 heteroatoms. The summed E-state index contributed by atoms with van der Waals surface area (Å²) < 4.78 is 18.2. The molecular weight excluding hydrogens is 444 g/mol. The Labute approximate surface area is 204 Å². The highest BCUT2D eigenvalue weighted by Gasteiger charge is 2.30. The zero-order valence-corrected chi connectivity index (χ0v) is 20.8. The molecule has 0 spiro atoms. The van der Waals surface area contributed by atoms with Crippen LogP contribution >= 0.6 is 0 Å². The number of aliphatic hydroxyl groups is 1. The van der Waals surface area contributed by atoms with E-state index in [0.29, 0.717) is 11.2 Å². The molecule has 2 aliphatic rings. The van der Waals surface area contributed by atoms with Gasteiger partial charge in [0.15, 0.2) is 0 Å². The summed E-state index contributed by atoms with van der Waals surface area (Å²) in [6.07, 6.45) is 6.63. The van der Waals surface area contributed by atoms with Crippen LogP contribution in [0.4, 0.5) is 0 Å². The smallest absolute Gasteiger partial charge is 0.0867 e. The van der Waals surface area contributed by atoms with Crippen LogP contribution in [-0.2, 0) is 15.5 Å². The van der Waals surface area contributed by atoms with E-state index in [4.69, 9.17) is 4.74 Å². The minimum Gasteiger partial charge on any atom is -0.389 e. The topological polar surface area (TPSA) is 75.2 Å². The third-order valence-corrected chi connectivity index (χ3v) is 9.00. The van der Waals surface area contributed by atoms with Crippen molar-refractivity contribution >= 4 is 10.8 Å². The Morgan fingerprint density at radius 2 is 1.79 bits per heavy atom. The molecule has 5 rings (SSSR count). The molecule has 0 radical (unpaired) electrons. The van der Waals surface area contributed by atoms with Gasteiger partial charge >= 0.3 is 0 Å². The van der Waals surface area contributed by atoms with Gasteiger partial charge in [-0.05, 0) is 92.8 Å². The van der Waals surface area contributed by atoms with Crippen molar-refractivity contribution in [2.75, 3.05) is 13.2 Å². The second kappa shape index (κ2) is 10.1. The quantitative estimate of drug-likeness (QED) is 0.438. The number of aryl methyl sites for hydroxylation is 1. The SMILES string of the molecule is Cc1cc(C(CC2CCOCC2)c2ccc(S(=O)C3CC3)cc2)[nH]c1-c1ccc(C(C)O)cn1. The second-order valence-corrected chi connectivity index (χ2v) is 11.6.